The van der Waals surface area contributed by atoms with E-state index < -0.39 is 0 Å². The van der Waals surface area contributed by atoms with E-state index in [9.17, 15) is 0 Å². The summed E-state index contributed by atoms with van der Waals surface area (Å²) >= 11 is 1.58. The molecule has 0 N–H and O–H groups in total. The van der Waals surface area contributed by atoms with Crippen LogP contribution >= 0.6 is 11.3 Å². The molecule has 1 unspecified atom stereocenters. The van der Waals surface area contributed by atoms with Crippen LogP contribution in [0.3, 0.4) is 0 Å². The van der Waals surface area contributed by atoms with Crippen molar-refractivity contribution >= 4 is 17.0 Å². The van der Waals surface area contributed by atoms with Crippen molar-refractivity contribution in [1.82, 2.24) is 4.98 Å². The molecule has 0 aliphatic carbocycles. The van der Waals surface area contributed by atoms with Crippen molar-refractivity contribution in [2.24, 2.45) is 0 Å². The van der Waals surface area contributed by atoms with Gasteiger partial charge in [-0.2, -0.15) is 0 Å². The zero-order chi connectivity index (χ0) is 13.0. The van der Waals surface area contributed by atoms with Crippen LogP contribution < -0.4 is 4.74 Å². The minimum Gasteiger partial charge on any atom is -0.470 e. The lowest BCUT2D eigenvalue weighted by Crippen LogP contribution is -1.92. The van der Waals surface area contributed by atoms with Crippen LogP contribution in [0.1, 0.15) is 30.2 Å². The zero-order valence-electron chi connectivity index (χ0n) is 10.4. The Morgan fingerprint density at radius 1 is 1.39 bits per heavy atom. The van der Waals surface area contributed by atoms with Crippen LogP contribution in [0.4, 0.5) is 5.69 Å². The van der Waals surface area contributed by atoms with Crippen LogP contribution in [0.2, 0.25) is 0 Å². The number of thiazole rings is 1. The third-order valence-corrected chi connectivity index (χ3v) is 3.81. The lowest BCUT2D eigenvalue weighted by Gasteiger charge is -2.08. The largest absolute Gasteiger partial charge is 0.470 e. The van der Waals surface area contributed by atoms with E-state index in [0.717, 1.165) is 5.19 Å². The second-order valence-electron chi connectivity index (χ2n) is 3.89. The van der Waals surface area contributed by atoms with Crippen molar-refractivity contribution < 1.29 is 4.74 Å². The number of ether oxygens (including phenoxy) is 1. The van der Waals surface area contributed by atoms with Crippen LogP contribution in [0.25, 0.3) is 4.85 Å². The lowest BCUT2D eigenvalue weighted by atomic mass is 10.00. The molecule has 18 heavy (non-hydrogen) atoms. The van der Waals surface area contributed by atoms with Crippen LogP contribution in [0.15, 0.2) is 30.5 Å². The highest BCUT2D eigenvalue weighted by Crippen LogP contribution is 2.32. The Bertz CT molecular complexity index is 554. The predicted octanol–water partition coefficient (Wildman–Crippen LogP) is 4.24. The molecular weight excluding hydrogens is 244 g/mol. The normalized spacial score (nSPS) is 11.8. The van der Waals surface area contributed by atoms with Gasteiger partial charge in [0.15, 0.2) is 5.69 Å². The van der Waals surface area contributed by atoms with Gasteiger partial charge in [-0.3, -0.25) is 0 Å². The molecule has 1 heterocycles. The monoisotopic (exact) mass is 258 g/mol. The van der Waals surface area contributed by atoms with E-state index in [2.05, 4.69) is 16.8 Å². The molecule has 0 saturated carbocycles. The number of nitrogens with zero attached hydrogens (tertiary/aromatic N) is 2. The van der Waals surface area contributed by atoms with Gasteiger partial charge in [-0.1, -0.05) is 42.5 Å². The van der Waals surface area contributed by atoms with Crippen LogP contribution in [-0.4, -0.2) is 11.6 Å². The standard InChI is InChI=1S/C14H14N2OS/c1-4-17-14-16-9-13(18-14)10(2)11-5-7-12(15-3)8-6-11/h5-10H,4H2,1-2H3. The Kier molecular flexibility index (Phi) is 3.96. The summed E-state index contributed by atoms with van der Waals surface area (Å²) in [6, 6.07) is 7.70. The smallest absolute Gasteiger partial charge is 0.273 e. The van der Waals surface area contributed by atoms with Crippen LogP contribution in [0.5, 0.6) is 5.19 Å². The highest BCUT2D eigenvalue weighted by Gasteiger charge is 2.12. The summed E-state index contributed by atoms with van der Waals surface area (Å²) in [4.78, 5) is 8.80. The summed E-state index contributed by atoms with van der Waals surface area (Å²) in [6.45, 7) is 11.7. The summed E-state index contributed by atoms with van der Waals surface area (Å²) in [5.74, 6) is 0.275. The third kappa shape index (κ3) is 2.69. The highest BCUT2D eigenvalue weighted by molar-refractivity contribution is 7.13. The van der Waals surface area contributed by atoms with E-state index in [1.54, 1.807) is 11.3 Å². The quantitative estimate of drug-likeness (QED) is 0.767. The molecule has 1 aromatic heterocycles. The van der Waals surface area contributed by atoms with Gasteiger partial charge < -0.3 is 4.74 Å². The Morgan fingerprint density at radius 2 is 2.11 bits per heavy atom. The second kappa shape index (κ2) is 5.65. The maximum atomic E-state index is 6.94. The first-order valence-electron chi connectivity index (χ1n) is 5.80. The molecular formula is C14H14N2OS. The van der Waals surface area contributed by atoms with Crippen LogP contribution in [0, 0.1) is 6.57 Å². The van der Waals surface area contributed by atoms with Crippen molar-refractivity contribution in [3.05, 3.63) is 52.3 Å². The first-order chi connectivity index (χ1) is 8.74. The van der Waals surface area contributed by atoms with Gasteiger partial charge >= 0.3 is 0 Å². The molecule has 0 aliphatic heterocycles. The van der Waals surface area contributed by atoms with Crippen molar-refractivity contribution in [3.8, 4) is 5.19 Å². The van der Waals surface area contributed by atoms with E-state index in [1.807, 2.05) is 37.4 Å². The molecule has 2 rings (SSSR count). The van der Waals surface area contributed by atoms with Gasteiger partial charge in [0.1, 0.15) is 0 Å². The van der Waals surface area contributed by atoms with E-state index >= 15 is 0 Å². The molecule has 0 fully saturated rings. The van der Waals surface area contributed by atoms with Crippen molar-refractivity contribution in [2.75, 3.05) is 6.61 Å². The average Bonchev–Trinajstić information content (AvgIpc) is 2.87. The van der Waals surface area contributed by atoms with Crippen LogP contribution in [-0.2, 0) is 0 Å². The SMILES string of the molecule is [C-]#[N+]c1ccc(C(C)c2cnc(OCC)s2)cc1. The molecule has 2 aromatic rings. The summed E-state index contributed by atoms with van der Waals surface area (Å²) in [5.41, 5.74) is 1.86. The van der Waals surface area contributed by atoms with Gasteiger partial charge in [0.2, 0.25) is 0 Å². The maximum Gasteiger partial charge on any atom is 0.273 e. The Hall–Kier alpha value is -1.86. The number of rotatable bonds is 4. The average molecular weight is 258 g/mol. The zero-order valence-corrected chi connectivity index (χ0v) is 11.2. The van der Waals surface area contributed by atoms with Gasteiger partial charge in [0.05, 0.1) is 13.2 Å². The van der Waals surface area contributed by atoms with Crippen molar-refractivity contribution in [1.29, 1.82) is 0 Å². The number of benzene rings is 1. The first-order valence-corrected chi connectivity index (χ1v) is 6.62. The summed E-state index contributed by atoms with van der Waals surface area (Å²) in [6.07, 6.45) is 1.86. The van der Waals surface area contributed by atoms with E-state index in [1.165, 1.54) is 10.4 Å². The molecule has 92 valence electrons. The second-order valence-corrected chi connectivity index (χ2v) is 4.91. The molecule has 0 bridgehead atoms. The van der Waals surface area contributed by atoms with Gasteiger partial charge in [-0.15, -0.1) is 0 Å². The van der Waals surface area contributed by atoms with Gasteiger partial charge in [0, 0.05) is 17.0 Å². The Labute approximate surface area is 111 Å². The Balaban J connectivity index is 2.18. The fourth-order valence-corrected chi connectivity index (χ4v) is 2.56. The Morgan fingerprint density at radius 3 is 2.72 bits per heavy atom. The summed E-state index contributed by atoms with van der Waals surface area (Å²) in [5, 5.41) is 0.720. The van der Waals surface area contributed by atoms with Crippen molar-refractivity contribution in [2.45, 2.75) is 19.8 Å². The fourth-order valence-electron chi connectivity index (χ4n) is 1.66. The molecule has 0 spiro atoms. The van der Waals surface area contributed by atoms with Gasteiger partial charge in [0.25, 0.3) is 5.19 Å². The summed E-state index contributed by atoms with van der Waals surface area (Å²) in [7, 11) is 0. The predicted molar refractivity (Wildman–Crippen MR) is 73.5 cm³/mol. The first kappa shape index (κ1) is 12.6. The molecule has 0 amide bonds. The maximum absolute atomic E-state index is 6.94. The molecule has 0 aliphatic rings. The molecule has 4 heteroatoms. The molecule has 0 saturated heterocycles. The third-order valence-electron chi connectivity index (χ3n) is 2.72. The molecule has 1 aromatic carbocycles. The van der Waals surface area contributed by atoms with Crippen molar-refractivity contribution in [3.63, 3.8) is 0 Å². The topological polar surface area (TPSA) is 26.5 Å². The fraction of sp³-hybridized carbons (Fsp3) is 0.286. The van der Waals surface area contributed by atoms with E-state index in [-0.39, 0.29) is 5.92 Å². The van der Waals surface area contributed by atoms with Gasteiger partial charge in [-0.25, -0.2) is 9.83 Å². The number of aromatic nitrogens is 1. The summed E-state index contributed by atoms with van der Waals surface area (Å²) < 4.78 is 5.38. The molecule has 0 radical (unpaired) electrons. The number of hydrogen-bond acceptors (Lipinski definition) is 3. The minimum atomic E-state index is 0.275. The molecule has 1 atom stereocenters. The minimum absolute atomic E-state index is 0.275. The molecule has 3 nitrogen and oxygen atoms in total. The van der Waals surface area contributed by atoms with E-state index in [4.69, 9.17) is 11.3 Å². The van der Waals surface area contributed by atoms with Gasteiger partial charge in [-0.05, 0) is 12.5 Å². The lowest BCUT2D eigenvalue weighted by molar-refractivity contribution is 0.338. The van der Waals surface area contributed by atoms with E-state index in [0.29, 0.717) is 12.3 Å². The highest BCUT2D eigenvalue weighted by atomic mass is 32.1. The number of hydrogen-bond donors (Lipinski definition) is 0.